The Morgan fingerprint density at radius 3 is 0.857 bits per heavy atom. The molecule has 10 aromatic rings. The van der Waals surface area contributed by atoms with Crippen molar-refractivity contribution in [2.24, 2.45) is 0 Å². The van der Waals surface area contributed by atoms with Crippen molar-refractivity contribution in [3.8, 4) is 22.3 Å². The third-order valence-corrected chi connectivity index (χ3v) is 18.3. The molecule has 0 bridgehead atoms. The first kappa shape index (κ1) is 39.7. The Morgan fingerprint density at radius 1 is 0.300 bits per heavy atom. The van der Waals surface area contributed by atoms with Crippen LogP contribution in [-0.2, 0) is 26.1 Å². The summed E-state index contributed by atoms with van der Waals surface area (Å²) in [6.45, 7) is 4.37. The second kappa shape index (κ2) is 13.7. The van der Waals surface area contributed by atoms with Gasteiger partial charge in [-0.05, 0) is 139 Å². The standard InChI is InChI=1S/C65H44N2O2S/c1-63(2)55-39-41(66-57-31-15-11-27-51(57)64(52-28-12-16-32-58(52)66)47-23-7-3-19-43(47)44-20-4-8-24-48(44)64)35-37-61(55)70(68,69)62-38-36-42(40-56(62)63)67-59-33-17-13-29-53(59)65(54-30-14-18-34-60(54)67)49-25-9-5-21-45(49)46-22-6-10-26-50(46)65/h3-40H,1-2H3. The molecule has 5 heteroatoms. The molecule has 0 saturated carbocycles. The molecule has 2 spiro atoms. The van der Waals surface area contributed by atoms with E-state index in [9.17, 15) is 0 Å². The van der Waals surface area contributed by atoms with Crippen LogP contribution >= 0.6 is 0 Å². The summed E-state index contributed by atoms with van der Waals surface area (Å²) >= 11 is 0. The van der Waals surface area contributed by atoms with Crippen LogP contribution in [0, 0.1) is 0 Å². The summed E-state index contributed by atoms with van der Waals surface area (Å²) in [4.78, 5) is 5.41. The highest BCUT2D eigenvalue weighted by Crippen LogP contribution is 2.66. The van der Waals surface area contributed by atoms with E-state index in [4.69, 9.17) is 0 Å². The van der Waals surface area contributed by atoms with Crippen LogP contribution in [0.15, 0.2) is 240 Å². The van der Waals surface area contributed by atoms with Gasteiger partial charge in [0.1, 0.15) is 0 Å². The number of fused-ring (bicyclic) bond motifs is 20. The molecular weight excluding hydrogens is 873 g/mol. The molecule has 3 heterocycles. The van der Waals surface area contributed by atoms with E-state index in [0.29, 0.717) is 9.79 Å². The Labute approximate surface area is 408 Å². The fourth-order valence-electron chi connectivity index (χ4n) is 13.7. The summed E-state index contributed by atoms with van der Waals surface area (Å²) in [5, 5.41) is 0. The third-order valence-electron chi connectivity index (χ3n) is 16.5. The fourth-order valence-corrected chi connectivity index (χ4v) is 15.6. The van der Waals surface area contributed by atoms with Gasteiger partial charge in [0.25, 0.3) is 0 Å². The van der Waals surface area contributed by atoms with E-state index in [1.54, 1.807) is 0 Å². The summed E-state index contributed by atoms with van der Waals surface area (Å²) in [5.41, 5.74) is 20.7. The Hall–Kier alpha value is -8.25. The molecule has 2 aliphatic carbocycles. The first-order valence-electron chi connectivity index (χ1n) is 24.2. The topological polar surface area (TPSA) is 40.6 Å². The smallest absolute Gasteiger partial charge is 0.207 e. The number of hydrogen-bond donors (Lipinski definition) is 0. The lowest BCUT2D eigenvalue weighted by Gasteiger charge is -2.46. The predicted octanol–water partition coefficient (Wildman–Crippen LogP) is 15.5. The van der Waals surface area contributed by atoms with E-state index in [0.717, 1.165) is 45.3 Å². The zero-order chi connectivity index (χ0) is 46.7. The monoisotopic (exact) mass is 916 g/mol. The second-order valence-electron chi connectivity index (χ2n) is 19.9. The van der Waals surface area contributed by atoms with Crippen LogP contribution in [0.5, 0.6) is 0 Å². The Bertz CT molecular complexity index is 3610. The van der Waals surface area contributed by atoms with Gasteiger partial charge in [-0.15, -0.1) is 0 Å². The molecule has 0 N–H and O–H groups in total. The highest BCUT2D eigenvalue weighted by molar-refractivity contribution is 7.91. The van der Waals surface area contributed by atoms with Crippen molar-refractivity contribution in [3.05, 3.63) is 286 Å². The van der Waals surface area contributed by atoms with Crippen LogP contribution in [0.1, 0.15) is 69.5 Å². The van der Waals surface area contributed by atoms with E-state index in [-0.39, 0.29) is 0 Å². The van der Waals surface area contributed by atoms with Crippen LogP contribution in [0.4, 0.5) is 34.1 Å². The molecule has 15 rings (SSSR count). The van der Waals surface area contributed by atoms with Crippen molar-refractivity contribution in [3.63, 3.8) is 0 Å². The van der Waals surface area contributed by atoms with Gasteiger partial charge in [0.05, 0.1) is 43.4 Å². The van der Waals surface area contributed by atoms with Crippen molar-refractivity contribution < 1.29 is 8.42 Å². The van der Waals surface area contributed by atoms with Gasteiger partial charge in [0.15, 0.2) is 0 Å². The van der Waals surface area contributed by atoms with Gasteiger partial charge in [0.2, 0.25) is 9.84 Å². The van der Waals surface area contributed by atoms with Crippen LogP contribution in [0.25, 0.3) is 22.3 Å². The average molecular weight is 917 g/mol. The number of anilines is 6. The van der Waals surface area contributed by atoms with Crippen LogP contribution < -0.4 is 9.80 Å². The minimum Gasteiger partial charge on any atom is -0.310 e. The van der Waals surface area contributed by atoms with Crippen LogP contribution in [0.3, 0.4) is 0 Å². The first-order valence-corrected chi connectivity index (χ1v) is 25.7. The number of sulfone groups is 1. The fraction of sp³-hybridized carbons (Fsp3) is 0.0769. The van der Waals surface area contributed by atoms with Crippen molar-refractivity contribution in [2.45, 2.75) is 39.9 Å². The van der Waals surface area contributed by atoms with Gasteiger partial charge in [-0.3, -0.25) is 0 Å². The maximum atomic E-state index is 15.1. The molecular formula is C65H44N2O2S. The Kier molecular flexibility index (Phi) is 7.78. The summed E-state index contributed by atoms with van der Waals surface area (Å²) in [6.07, 6.45) is 0. The highest BCUT2D eigenvalue weighted by atomic mass is 32.2. The number of para-hydroxylation sites is 4. The minimum atomic E-state index is -3.92. The first-order chi connectivity index (χ1) is 34.3. The van der Waals surface area contributed by atoms with Crippen molar-refractivity contribution in [1.29, 1.82) is 0 Å². The molecule has 0 saturated heterocycles. The zero-order valence-corrected chi connectivity index (χ0v) is 39.4. The molecule has 0 amide bonds. The molecule has 4 nitrogen and oxygen atoms in total. The molecule has 0 unspecified atom stereocenters. The van der Waals surface area contributed by atoms with Gasteiger partial charge in [-0.25, -0.2) is 8.42 Å². The Balaban J connectivity index is 0.906. The van der Waals surface area contributed by atoms with Gasteiger partial charge in [-0.1, -0.05) is 184 Å². The van der Waals surface area contributed by atoms with E-state index in [2.05, 4.69) is 230 Å². The molecule has 332 valence electrons. The lowest BCUT2D eigenvalue weighted by Crippen LogP contribution is -2.36. The molecule has 0 radical (unpaired) electrons. The second-order valence-corrected chi connectivity index (χ2v) is 21.8. The van der Waals surface area contributed by atoms with E-state index in [1.165, 1.54) is 66.8 Å². The van der Waals surface area contributed by atoms with Crippen molar-refractivity contribution >= 4 is 44.0 Å². The number of nitrogens with zero attached hydrogens (tertiary/aromatic N) is 2. The number of rotatable bonds is 2. The maximum absolute atomic E-state index is 15.1. The predicted molar refractivity (Wildman–Crippen MR) is 282 cm³/mol. The summed E-state index contributed by atoms with van der Waals surface area (Å²) in [7, 11) is -3.92. The third kappa shape index (κ3) is 4.69. The Morgan fingerprint density at radius 2 is 0.557 bits per heavy atom. The minimum absolute atomic E-state index is 0.351. The summed E-state index contributed by atoms with van der Waals surface area (Å²) in [6, 6.07) is 82.5. The molecule has 70 heavy (non-hydrogen) atoms. The molecule has 3 aliphatic heterocycles. The van der Waals surface area contributed by atoms with Gasteiger partial charge in [-0.2, -0.15) is 0 Å². The van der Waals surface area contributed by atoms with Gasteiger partial charge in [0, 0.05) is 16.8 Å². The number of hydrogen-bond acceptors (Lipinski definition) is 4. The van der Waals surface area contributed by atoms with Crippen LogP contribution in [0.2, 0.25) is 0 Å². The largest absolute Gasteiger partial charge is 0.310 e. The van der Waals surface area contributed by atoms with E-state index < -0.39 is 26.1 Å². The van der Waals surface area contributed by atoms with Crippen LogP contribution in [-0.4, -0.2) is 8.42 Å². The molecule has 10 aromatic carbocycles. The average Bonchev–Trinajstić information content (AvgIpc) is 3.87. The number of benzene rings is 10. The highest BCUT2D eigenvalue weighted by Gasteiger charge is 2.54. The quantitative estimate of drug-likeness (QED) is 0.173. The molecule has 0 atom stereocenters. The van der Waals surface area contributed by atoms with Crippen molar-refractivity contribution in [2.75, 3.05) is 9.80 Å². The van der Waals surface area contributed by atoms with Gasteiger partial charge >= 0.3 is 0 Å². The molecule has 0 aromatic heterocycles. The van der Waals surface area contributed by atoms with Crippen molar-refractivity contribution in [1.82, 2.24) is 0 Å². The van der Waals surface area contributed by atoms with Gasteiger partial charge < -0.3 is 9.80 Å². The molecule has 5 aliphatic rings. The van der Waals surface area contributed by atoms with E-state index >= 15 is 8.42 Å². The van der Waals surface area contributed by atoms with E-state index in [1.807, 2.05) is 24.3 Å². The summed E-state index contributed by atoms with van der Waals surface area (Å²) < 4.78 is 30.3. The summed E-state index contributed by atoms with van der Waals surface area (Å²) in [5.74, 6) is 0. The lowest BCUT2D eigenvalue weighted by atomic mass is 9.64. The zero-order valence-electron chi connectivity index (χ0n) is 38.6. The lowest BCUT2D eigenvalue weighted by molar-refractivity contribution is 0.556. The maximum Gasteiger partial charge on any atom is 0.207 e. The molecule has 0 fully saturated rings. The SMILES string of the molecule is CC1(C)c2cc(N3c4ccccc4C4(c5ccccc5-c5ccccc54)c4ccccc43)ccc2S(=O)(=O)c2ccc(N3c4ccccc4C4(c5ccccc5-c5ccccc54)c4ccccc43)cc21. The normalized spacial score (nSPS) is 16.7.